The summed E-state index contributed by atoms with van der Waals surface area (Å²) in [6, 6.07) is 15.0. The second kappa shape index (κ2) is 7.77. The number of ether oxygens (including phenoxy) is 2. The summed E-state index contributed by atoms with van der Waals surface area (Å²) >= 11 is 0. The summed E-state index contributed by atoms with van der Waals surface area (Å²) in [6.07, 6.45) is 1.67. The molecule has 1 saturated heterocycles. The first-order valence-corrected chi connectivity index (χ1v) is 8.52. The lowest BCUT2D eigenvalue weighted by Gasteiger charge is -2.39. The lowest BCUT2D eigenvalue weighted by molar-refractivity contribution is 0.0356. The highest BCUT2D eigenvalue weighted by molar-refractivity contribution is 5.30. The van der Waals surface area contributed by atoms with E-state index in [1.807, 2.05) is 25.1 Å². The van der Waals surface area contributed by atoms with Crippen LogP contribution in [0.5, 0.6) is 5.75 Å². The molecule has 1 heterocycles. The molecule has 0 aliphatic carbocycles. The molecule has 0 atom stereocenters. The highest BCUT2D eigenvalue weighted by Gasteiger charge is 2.34. The van der Waals surface area contributed by atoms with Crippen LogP contribution < -0.4 is 10.1 Å². The van der Waals surface area contributed by atoms with Crippen molar-refractivity contribution in [3.8, 4) is 5.75 Å². The third-order valence-corrected chi connectivity index (χ3v) is 4.56. The van der Waals surface area contributed by atoms with Gasteiger partial charge in [-0.2, -0.15) is 0 Å². The van der Waals surface area contributed by atoms with Gasteiger partial charge in [0.05, 0.1) is 6.61 Å². The SMILES string of the molecule is CCOc1cccc(CNC2(c3cccc(F)c3)CCOCC2)c1. The second-order valence-corrected chi connectivity index (χ2v) is 6.14. The molecular weight excluding hydrogens is 305 g/mol. The zero-order valence-corrected chi connectivity index (χ0v) is 14.1. The molecule has 24 heavy (non-hydrogen) atoms. The first-order valence-electron chi connectivity index (χ1n) is 8.52. The number of hydrogen-bond donors (Lipinski definition) is 1. The number of halogens is 1. The molecule has 0 saturated carbocycles. The lowest BCUT2D eigenvalue weighted by atomic mass is 9.82. The van der Waals surface area contributed by atoms with Crippen LogP contribution in [0.25, 0.3) is 0 Å². The van der Waals surface area contributed by atoms with E-state index < -0.39 is 0 Å². The minimum atomic E-state index is -0.248. The van der Waals surface area contributed by atoms with Gasteiger partial charge in [0.15, 0.2) is 0 Å². The van der Waals surface area contributed by atoms with Crippen LogP contribution in [0.1, 0.15) is 30.9 Å². The normalized spacial score (nSPS) is 16.8. The number of rotatable bonds is 6. The third kappa shape index (κ3) is 3.94. The molecule has 0 aromatic heterocycles. The van der Waals surface area contributed by atoms with Gasteiger partial charge in [-0.05, 0) is 55.2 Å². The van der Waals surface area contributed by atoms with Gasteiger partial charge >= 0.3 is 0 Å². The molecule has 0 bridgehead atoms. The van der Waals surface area contributed by atoms with Crippen molar-refractivity contribution >= 4 is 0 Å². The Kier molecular flexibility index (Phi) is 5.48. The smallest absolute Gasteiger partial charge is 0.123 e. The summed E-state index contributed by atoms with van der Waals surface area (Å²) in [5.74, 6) is 0.682. The maximum absolute atomic E-state index is 13.7. The van der Waals surface area contributed by atoms with Gasteiger partial charge in [-0.1, -0.05) is 24.3 Å². The molecule has 0 unspecified atom stereocenters. The van der Waals surface area contributed by atoms with Crippen molar-refractivity contribution in [2.45, 2.75) is 31.8 Å². The van der Waals surface area contributed by atoms with Crippen LogP contribution in [0.2, 0.25) is 0 Å². The molecule has 2 aromatic carbocycles. The van der Waals surface area contributed by atoms with E-state index in [1.165, 1.54) is 6.07 Å². The number of nitrogens with one attached hydrogen (secondary N) is 1. The molecular formula is C20H24FNO2. The Balaban J connectivity index is 1.79. The fraction of sp³-hybridized carbons (Fsp3) is 0.400. The Bertz CT molecular complexity index is 668. The summed E-state index contributed by atoms with van der Waals surface area (Å²) < 4.78 is 24.8. The first kappa shape index (κ1) is 16.9. The third-order valence-electron chi connectivity index (χ3n) is 4.56. The predicted molar refractivity (Wildman–Crippen MR) is 92.6 cm³/mol. The molecule has 0 radical (unpaired) electrons. The summed E-state index contributed by atoms with van der Waals surface area (Å²) in [4.78, 5) is 0. The van der Waals surface area contributed by atoms with E-state index in [0.717, 1.165) is 29.7 Å². The highest BCUT2D eigenvalue weighted by Crippen LogP contribution is 2.33. The number of hydrogen-bond acceptors (Lipinski definition) is 3. The average molecular weight is 329 g/mol. The number of benzene rings is 2. The molecule has 1 aliphatic rings. The molecule has 1 aliphatic heterocycles. The Morgan fingerprint density at radius 1 is 1.12 bits per heavy atom. The standard InChI is InChI=1S/C20H24FNO2/c1-2-24-19-8-3-5-16(13-19)15-22-20(9-11-23-12-10-20)17-6-4-7-18(21)14-17/h3-8,13-14,22H,2,9-12,15H2,1H3. The molecule has 0 spiro atoms. The Morgan fingerprint density at radius 3 is 2.67 bits per heavy atom. The Labute approximate surface area is 142 Å². The minimum absolute atomic E-state index is 0.196. The van der Waals surface area contributed by atoms with Gasteiger partial charge < -0.3 is 14.8 Å². The Hall–Kier alpha value is -1.91. The van der Waals surface area contributed by atoms with Crippen molar-refractivity contribution in [1.29, 1.82) is 0 Å². The van der Waals surface area contributed by atoms with Crippen molar-refractivity contribution in [2.24, 2.45) is 0 Å². The highest BCUT2D eigenvalue weighted by atomic mass is 19.1. The molecule has 4 heteroatoms. The van der Waals surface area contributed by atoms with Crippen LogP contribution in [0, 0.1) is 5.82 Å². The van der Waals surface area contributed by atoms with Gasteiger partial charge in [0, 0.05) is 25.3 Å². The van der Waals surface area contributed by atoms with Crippen molar-refractivity contribution in [2.75, 3.05) is 19.8 Å². The van der Waals surface area contributed by atoms with E-state index in [4.69, 9.17) is 9.47 Å². The fourth-order valence-electron chi connectivity index (χ4n) is 3.26. The molecule has 0 amide bonds. The second-order valence-electron chi connectivity index (χ2n) is 6.14. The lowest BCUT2D eigenvalue weighted by Crippen LogP contribution is -2.46. The zero-order valence-electron chi connectivity index (χ0n) is 14.1. The van der Waals surface area contributed by atoms with E-state index in [9.17, 15) is 4.39 Å². The summed E-state index contributed by atoms with van der Waals surface area (Å²) in [5, 5.41) is 3.66. The summed E-state index contributed by atoms with van der Waals surface area (Å²) in [7, 11) is 0. The topological polar surface area (TPSA) is 30.5 Å². The molecule has 1 fully saturated rings. The summed E-state index contributed by atoms with van der Waals surface area (Å²) in [6.45, 7) is 4.70. The van der Waals surface area contributed by atoms with Crippen LogP contribution in [0.15, 0.2) is 48.5 Å². The van der Waals surface area contributed by atoms with Crippen LogP contribution in [0.3, 0.4) is 0 Å². The molecule has 1 N–H and O–H groups in total. The molecule has 128 valence electrons. The van der Waals surface area contributed by atoms with Gasteiger partial charge in [0.2, 0.25) is 0 Å². The van der Waals surface area contributed by atoms with E-state index in [2.05, 4.69) is 17.4 Å². The van der Waals surface area contributed by atoms with Crippen molar-refractivity contribution < 1.29 is 13.9 Å². The predicted octanol–water partition coefficient (Wildman–Crippen LogP) is 4.02. The Morgan fingerprint density at radius 2 is 1.92 bits per heavy atom. The largest absolute Gasteiger partial charge is 0.494 e. The zero-order chi connectivity index (χ0) is 16.8. The van der Waals surface area contributed by atoms with Crippen molar-refractivity contribution in [3.63, 3.8) is 0 Å². The monoisotopic (exact) mass is 329 g/mol. The molecule has 3 nitrogen and oxygen atoms in total. The summed E-state index contributed by atoms with van der Waals surface area (Å²) in [5.41, 5.74) is 1.90. The van der Waals surface area contributed by atoms with Crippen LogP contribution >= 0.6 is 0 Å². The van der Waals surface area contributed by atoms with Gasteiger partial charge in [-0.25, -0.2) is 4.39 Å². The van der Waals surface area contributed by atoms with Crippen molar-refractivity contribution in [1.82, 2.24) is 5.32 Å². The maximum atomic E-state index is 13.7. The van der Waals surface area contributed by atoms with E-state index in [1.54, 1.807) is 12.1 Å². The van der Waals surface area contributed by atoms with E-state index in [0.29, 0.717) is 26.4 Å². The quantitative estimate of drug-likeness (QED) is 0.868. The average Bonchev–Trinajstić information content (AvgIpc) is 2.62. The molecule has 2 aromatic rings. The first-order chi connectivity index (χ1) is 11.7. The van der Waals surface area contributed by atoms with E-state index >= 15 is 0 Å². The van der Waals surface area contributed by atoms with Gasteiger partial charge in [0.1, 0.15) is 11.6 Å². The minimum Gasteiger partial charge on any atom is -0.494 e. The fourth-order valence-corrected chi connectivity index (χ4v) is 3.26. The van der Waals surface area contributed by atoms with E-state index in [-0.39, 0.29) is 11.4 Å². The van der Waals surface area contributed by atoms with Crippen LogP contribution in [0.4, 0.5) is 4.39 Å². The van der Waals surface area contributed by atoms with Gasteiger partial charge in [-0.3, -0.25) is 0 Å². The van der Waals surface area contributed by atoms with Crippen molar-refractivity contribution in [3.05, 3.63) is 65.5 Å². The van der Waals surface area contributed by atoms with Gasteiger partial charge in [-0.15, -0.1) is 0 Å². The molecule has 3 rings (SSSR count). The van der Waals surface area contributed by atoms with Gasteiger partial charge in [0.25, 0.3) is 0 Å². The maximum Gasteiger partial charge on any atom is 0.123 e. The van der Waals surface area contributed by atoms with Crippen LogP contribution in [-0.4, -0.2) is 19.8 Å². The van der Waals surface area contributed by atoms with Crippen LogP contribution in [-0.2, 0) is 16.8 Å².